The predicted molar refractivity (Wildman–Crippen MR) is 114 cm³/mol. The predicted octanol–water partition coefficient (Wildman–Crippen LogP) is 4.39. The van der Waals surface area contributed by atoms with Gasteiger partial charge in [-0.25, -0.2) is 4.79 Å². The molecule has 1 saturated carbocycles. The van der Waals surface area contributed by atoms with Crippen LogP contribution in [-0.2, 0) is 16.1 Å². The van der Waals surface area contributed by atoms with Crippen LogP contribution in [-0.4, -0.2) is 29.3 Å². The number of aliphatic hydroxyl groups excluding tert-OH is 1. The van der Waals surface area contributed by atoms with Crippen LogP contribution in [0.3, 0.4) is 0 Å². The summed E-state index contributed by atoms with van der Waals surface area (Å²) >= 11 is 0. The number of rotatable bonds is 6. The molecule has 6 nitrogen and oxygen atoms in total. The number of amides is 2. The molecule has 160 valence electrons. The second-order valence-corrected chi connectivity index (χ2v) is 8.82. The zero-order valence-corrected chi connectivity index (χ0v) is 18.0. The van der Waals surface area contributed by atoms with E-state index < -0.39 is 5.60 Å². The van der Waals surface area contributed by atoms with Gasteiger partial charge in [0.05, 0.1) is 6.61 Å². The fraction of sp³-hybridized carbons (Fsp3) is 0.565. The Bertz CT molecular complexity index is 711. The van der Waals surface area contributed by atoms with Crippen molar-refractivity contribution in [3.63, 3.8) is 0 Å². The number of carbonyl (C=O) groups is 2. The Morgan fingerprint density at radius 1 is 1.14 bits per heavy atom. The Hall–Kier alpha value is -2.34. The van der Waals surface area contributed by atoms with Crippen molar-refractivity contribution >= 4 is 17.7 Å². The molecule has 2 amide bonds. The number of ether oxygens (including phenoxy) is 1. The molecule has 29 heavy (non-hydrogen) atoms. The first-order valence-electron chi connectivity index (χ1n) is 10.3. The third-order valence-corrected chi connectivity index (χ3v) is 5.06. The smallest absolute Gasteiger partial charge is 0.407 e. The van der Waals surface area contributed by atoms with E-state index in [0.717, 1.165) is 36.9 Å². The van der Waals surface area contributed by atoms with Crippen LogP contribution >= 0.6 is 0 Å². The molecule has 0 aromatic heterocycles. The van der Waals surface area contributed by atoms with Crippen molar-refractivity contribution < 1.29 is 19.4 Å². The SMILES string of the molecule is C/C(=C/C1CCC(CNC(=O)OC(C)(C)C)CC1)C(=O)Nc1ccc(CO)cc1. The number of hydrogen-bond acceptors (Lipinski definition) is 4. The minimum Gasteiger partial charge on any atom is -0.444 e. The lowest BCUT2D eigenvalue weighted by atomic mass is 9.81. The van der Waals surface area contributed by atoms with Gasteiger partial charge in [0.25, 0.3) is 5.91 Å². The lowest BCUT2D eigenvalue weighted by Gasteiger charge is -2.28. The van der Waals surface area contributed by atoms with Crippen LogP contribution in [0.2, 0.25) is 0 Å². The van der Waals surface area contributed by atoms with E-state index in [-0.39, 0.29) is 18.6 Å². The van der Waals surface area contributed by atoms with E-state index in [1.807, 2.05) is 27.7 Å². The number of allylic oxidation sites excluding steroid dienone is 1. The molecule has 1 aromatic carbocycles. The Morgan fingerprint density at radius 2 is 1.76 bits per heavy atom. The third-order valence-electron chi connectivity index (χ3n) is 5.06. The molecule has 0 bridgehead atoms. The van der Waals surface area contributed by atoms with E-state index in [0.29, 0.717) is 24.0 Å². The van der Waals surface area contributed by atoms with Gasteiger partial charge in [-0.05, 0) is 82.9 Å². The maximum Gasteiger partial charge on any atom is 0.407 e. The van der Waals surface area contributed by atoms with Gasteiger partial charge in [0, 0.05) is 17.8 Å². The van der Waals surface area contributed by atoms with Gasteiger partial charge in [0.2, 0.25) is 0 Å². The molecule has 1 aliphatic carbocycles. The van der Waals surface area contributed by atoms with E-state index in [1.165, 1.54) is 0 Å². The van der Waals surface area contributed by atoms with Crippen LogP contribution in [0, 0.1) is 11.8 Å². The molecule has 6 heteroatoms. The summed E-state index contributed by atoms with van der Waals surface area (Å²) in [7, 11) is 0. The zero-order valence-electron chi connectivity index (χ0n) is 18.0. The number of anilines is 1. The lowest BCUT2D eigenvalue weighted by Crippen LogP contribution is -2.36. The van der Waals surface area contributed by atoms with Gasteiger partial charge in [-0.15, -0.1) is 0 Å². The van der Waals surface area contributed by atoms with Crippen molar-refractivity contribution in [2.75, 3.05) is 11.9 Å². The molecule has 0 spiro atoms. The maximum atomic E-state index is 12.4. The largest absolute Gasteiger partial charge is 0.444 e. The summed E-state index contributed by atoms with van der Waals surface area (Å²) in [5, 5.41) is 14.8. The van der Waals surface area contributed by atoms with Crippen LogP contribution < -0.4 is 10.6 Å². The molecule has 1 fully saturated rings. The van der Waals surface area contributed by atoms with Crippen LogP contribution in [0.4, 0.5) is 10.5 Å². The van der Waals surface area contributed by atoms with Gasteiger partial charge in [-0.1, -0.05) is 18.2 Å². The van der Waals surface area contributed by atoms with E-state index in [2.05, 4.69) is 16.7 Å². The molecule has 0 atom stereocenters. The minimum atomic E-state index is -0.481. The van der Waals surface area contributed by atoms with Crippen molar-refractivity contribution in [2.24, 2.45) is 11.8 Å². The van der Waals surface area contributed by atoms with Gasteiger partial charge in [-0.2, -0.15) is 0 Å². The van der Waals surface area contributed by atoms with Gasteiger partial charge in [0.15, 0.2) is 0 Å². The highest BCUT2D eigenvalue weighted by Gasteiger charge is 2.22. The molecular weight excluding hydrogens is 368 g/mol. The molecule has 0 radical (unpaired) electrons. The van der Waals surface area contributed by atoms with Crippen molar-refractivity contribution in [3.05, 3.63) is 41.5 Å². The van der Waals surface area contributed by atoms with Crippen molar-refractivity contribution in [3.8, 4) is 0 Å². The standard InChI is InChI=1S/C23H34N2O4/c1-16(21(27)25-20-11-9-19(15-26)10-12-20)13-17-5-7-18(8-6-17)14-24-22(28)29-23(2,3)4/h9-13,17-18,26H,5-8,14-15H2,1-4H3,(H,24,28)(H,25,27)/b16-13-. The number of carbonyl (C=O) groups excluding carboxylic acids is 2. The van der Waals surface area contributed by atoms with Gasteiger partial charge < -0.3 is 20.5 Å². The molecular formula is C23H34N2O4. The van der Waals surface area contributed by atoms with Crippen molar-refractivity contribution in [2.45, 2.75) is 65.6 Å². The first-order chi connectivity index (χ1) is 13.7. The summed E-state index contributed by atoms with van der Waals surface area (Å²) in [5.41, 5.74) is 1.77. The summed E-state index contributed by atoms with van der Waals surface area (Å²) in [6, 6.07) is 7.17. The highest BCUT2D eigenvalue weighted by atomic mass is 16.6. The average molecular weight is 403 g/mol. The Balaban J connectivity index is 1.75. The second kappa shape index (κ2) is 10.4. The summed E-state index contributed by atoms with van der Waals surface area (Å²) in [6.07, 6.45) is 5.77. The van der Waals surface area contributed by atoms with Crippen LogP contribution in [0.5, 0.6) is 0 Å². The number of aliphatic hydroxyl groups is 1. The normalized spacial score (nSPS) is 20.1. The molecule has 0 saturated heterocycles. The van der Waals surface area contributed by atoms with Crippen LogP contribution in [0.15, 0.2) is 35.9 Å². The van der Waals surface area contributed by atoms with Crippen molar-refractivity contribution in [1.82, 2.24) is 5.32 Å². The second-order valence-electron chi connectivity index (χ2n) is 8.82. The molecule has 0 aliphatic heterocycles. The van der Waals surface area contributed by atoms with Gasteiger partial charge in [0.1, 0.15) is 5.60 Å². The number of nitrogens with one attached hydrogen (secondary N) is 2. The molecule has 2 rings (SSSR count). The highest BCUT2D eigenvalue weighted by molar-refractivity contribution is 6.03. The summed E-state index contributed by atoms with van der Waals surface area (Å²) in [4.78, 5) is 24.2. The molecule has 0 unspecified atom stereocenters. The molecule has 1 aliphatic rings. The maximum absolute atomic E-state index is 12.4. The Kier molecular flexibility index (Phi) is 8.26. The Labute approximate surface area is 173 Å². The summed E-state index contributed by atoms with van der Waals surface area (Å²) in [6.45, 7) is 8.03. The Morgan fingerprint density at radius 3 is 2.31 bits per heavy atom. The quantitative estimate of drug-likeness (QED) is 0.616. The summed E-state index contributed by atoms with van der Waals surface area (Å²) in [5.74, 6) is 0.733. The molecule has 3 N–H and O–H groups in total. The summed E-state index contributed by atoms with van der Waals surface area (Å²) < 4.78 is 5.27. The molecule has 1 aromatic rings. The first kappa shape index (κ1) is 22.9. The van der Waals surface area contributed by atoms with E-state index in [9.17, 15) is 9.59 Å². The molecule has 0 heterocycles. The zero-order chi connectivity index (χ0) is 21.4. The fourth-order valence-electron chi connectivity index (χ4n) is 3.45. The lowest BCUT2D eigenvalue weighted by molar-refractivity contribution is -0.112. The van der Waals surface area contributed by atoms with E-state index in [4.69, 9.17) is 9.84 Å². The first-order valence-corrected chi connectivity index (χ1v) is 10.3. The van der Waals surface area contributed by atoms with E-state index in [1.54, 1.807) is 24.3 Å². The number of benzene rings is 1. The van der Waals surface area contributed by atoms with Crippen LogP contribution in [0.25, 0.3) is 0 Å². The number of hydrogen-bond donors (Lipinski definition) is 3. The third kappa shape index (κ3) is 8.28. The number of alkyl carbamates (subject to hydrolysis) is 1. The topological polar surface area (TPSA) is 87.7 Å². The van der Waals surface area contributed by atoms with Crippen molar-refractivity contribution in [1.29, 1.82) is 0 Å². The highest BCUT2D eigenvalue weighted by Crippen LogP contribution is 2.30. The van der Waals surface area contributed by atoms with Gasteiger partial charge >= 0.3 is 6.09 Å². The van der Waals surface area contributed by atoms with E-state index >= 15 is 0 Å². The fourth-order valence-corrected chi connectivity index (χ4v) is 3.45. The van der Waals surface area contributed by atoms with Crippen LogP contribution in [0.1, 0.15) is 58.9 Å². The minimum absolute atomic E-state index is 0.0108. The average Bonchev–Trinajstić information content (AvgIpc) is 2.66. The monoisotopic (exact) mass is 402 g/mol. The van der Waals surface area contributed by atoms with Gasteiger partial charge in [-0.3, -0.25) is 4.79 Å².